The molecule has 2 amide bonds. The molecule has 0 unspecified atom stereocenters. The van der Waals surface area contributed by atoms with Gasteiger partial charge in [-0.25, -0.2) is 4.39 Å². The molecule has 0 bridgehead atoms. The van der Waals surface area contributed by atoms with Crippen LogP contribution in [0.3, 0.4) is 0 Å². The number of carbonyl (C=O) groups excluding carboxylic acids is 2. The van der Waals surface area contributed by atoms with Crippen LogP contribution >= 0.6 is 15.9 Å². The summed E-state index contributed by atoms with van der Waals surface area (Å²) in [7, 11) is 0. The highest BCUT2D eigenvalue weighted by molar-refractivity contribution is 9.10. The Hall–Kier alpha value is -1.47. The summed E-state index contributed by atoms with van der Waals surface area (Å²) in [6.07, 6.45) is 0.539. The van der Waals surface area contributed by atoms with Gasteiger partial charge in [0.15, 0.2) is 0 Å². The van der Waals surface area contributed by atoms with Gasteiger partial charge in [-0.1, -0.05) is 0 Å². The fourth-order valence-corrected chi connectivity index (χ4v) is 2.35. The summed E-state index contributed by atoms with van der Waals surface area (Å²) in [4.78, 5) is 25.1. The number of carbonyl (C=O) groups is 2. The highest BCUT2D eigenvalue weighted by Crippen LogP contribution is 2.20. The molecule has 7 heteroatoms. The number of anilines is 1. The highest BCUT2D eigenvalue weighted by atomic mass is 79.9. The first-order chi connectivity index (χ1) is 9.47. The normalized spacial score (nSPS) is 16.1. The minimum absolute atomic E-state index is 0.212. The minimum Gasteiger partial charge on any atom is -0.393 e. The predicted octanol–water partition coefficient (Wildman–Crippen LogP) is 1.51. The molecule has 1 aliphatic heterocycles. The van der Waals surface area contributed by atoms with Crippen LogP contribution in [0.2, 0.25) is 0 Å². The van der Waals surface area contributed by atoms with E-state index >= 15 is 0 Å². The van der Waals surface area contributed by atoms with Crippen LogP contribution in [0.15, 0.2) is 22.7 Å². The topological polar surface area (TPSA) is 69.6 Å². The summed E-state index contributed by atoms with van der Waals surface area (Å²) in [6, 6.07) is 3.97. The molecule has 1 heterocycles. The Kier molecular flexibility index (Phi) is 4.72. The van der Waals surface area contributed by atoms with Gasteiger partial charge in [0.2, 0.25) is 0 Å². The minimum atomic E-state index is -0.764. The van der Waals surface area contributed by atoms with Gasteiger partial charge in [0.1, 0.15) is 5.82 Å². The maximum Gasteiger partial charge on any atom is 0.313 e. The van der Waals surface area contributed by atoms with Crippen molar-refractivity contribution in [1.82, 2.24) is 4.90 Å². The molecule has 1 aromatic carbocycles. The maximum absolute atomic E-state index is 13.1. The van der Waals surface area contributed by atoms with Gasteiger partial charge in [-0.05, 0) is 47.0 Å². The Morgan fingerprint density at radius 3 is 2.60 bits per heavy atom. The van der Waals surface area contributed by atoms with Gasteiger partial charge in [-0.15, -0.1) is 0 Å². The van der Waals surface area contributed by atoms with E-state index in [9.17, 15) is 19.1 Å². The fourth-order valence-electron chi connectivity index (χ4n) is 1.97. The molecule has 1 fully saturated rings. The molecule has 108 valence electrons. The van der Waals surface area contributed by atoms with Crippen LogP contribution in [0.1, 0.15) is 12.8 Å². The van der Waals surface area contributed by atoms with Crippen molar-refractivity contribution in [2.75, 3.05) is 18.4 Å². The van der Waals surface area contributed by atoms with E-state index in [-0.39, 0.29) is 4.47 Å². The molecule has 1 saturated heterocycles. The number of amides is 2. The zero-order valence-electron chi connectivity index (χ0n) is 10.6. The zero-order chi connectivity index (χ0) is 14.7. The fraction of sp³-hybridized carbons (Fsp3) is 0.385. The number of hydrogen-bond acceptors (Lipinski definition) is 3. The van der Waals surface area contributed by atoms with Crippen molar-refractivity contribution in [3.8, 4) is 0 Å². The van der Waals surface area contributed by atoms with Crippen molar-refractivity contribution >= 4 is 33.4 Å². The molecule has 0 saturated carbocycles. The van der Waals surface area contributed by atoms with Gasteiger partial charge in [-0.3, -0.25) is 9.59 Å². The Morgan fingerprint density at radius 1 is 1.35 bits per heavy atom. The molecule has 0 radical (unpaired) electrons. The summed E-state index contributed by atoms with van der Waals surface area (Å²) in [6.45, 7) is 0.723. The van der Waals surface area contributed by atoms with Crippen LogP contribution in [-0.4, -0.2) is 41.0 Å². The number of nitrogens with zero attached hydrogens (tertiary/aromatic N) is 1. The van der Waals surface area contributed by atoms with E-state index in [1.807, 2.05) is 0 Å². The average Bonchev–Trinajstić information content (AvgIpc) is 2.43. The third-order valence-electron chi connectivity index (χ3n) is 3.12. The summed E-state index contributed by atoms with van der Waals surface area (Å²) in [5, 5.41) is 11.8. The van der Waals surface area contributed by atoms with Crippen molar-refractivity contribution in [1.29, 1.82) is 0 Å². The number of nitrogens with one attached hydrogen (secondary N) is 1. The van der Waals surface area contributed by atoms with Gasteiger partial charge in [-0.2, -0.15) is 0 Å². The van der Waals surface area contributed by atoms with Gasteiger partial charge < -0.3 is 15.3 Å². The second kappa shape index (κ2) is 6.32. The molecular formula is C13H14BrFN2O3. The number of aliphatic hydroxyl groups excluding tert-OH is 1. The highest BCUT2D eigenvalue weighted by Gasteiger charge is 2.26. The van der Waals surface area contributed by atoms with Crippen LogP contribution in [0, 0.1) is 5.82 Å². The summed E-state index contributed by atoms with van der Waals surface area (Å²) in [5.41, 5.74) is 0.341. The summed E-state index contributed by atoms with van der Waals surface area (Å²) >= 11 is 3.01. The first-order valence-electron chi connectivity index (χ1n) is 6.21. The Balaban J connectivity index is 1.97. The van der Waals surface area contributed by atoms with E-state index in [0.717, 1.165) is 0 Å². The van der Waals surface area contributed by atoms with Crippen LogP contribution < -0.4 is 5.32 Å². The zero-order valence-corrected chi connectivity index (χ0v) is 12.2. The van der Waals surface area contributed by atoms with Crippen molar-refractivity contribution in [3.63, 3.8) is 0 Å². The molecule has 2 N–H and O–H groups in total. The van der Waals surface area contributed by atoms with E-state index in [4.69, 9.17) is 0 Å². The number of likely N-dealkylation sites (tertiary alicyclic amines) is 1. The molecule has 1 aliphatic rings. The molecule has 0 atom stereocenters. The van der Waals surface area contributed by atoms with Gasteiger partial charge in [0.05, 0.1) is 10.6 Å². The third kappa shape index (κ3) is 3.55. The molecule has 0 aromatic heterocycles. The first-order valence-corrected chi connectivity index (χ1v) is 7.00. The molecule has 0 aliphatic carbocycles. The number of hydrogen-bond donors (Lipinski definition) is 2. The number of aliphatic hydroxyl groups is 1. The second-order valence-electron chi connectivity index (χ2n) is 4.61. The number of piperidine rings is 1. The largest absolute Gasteiger partial charge is 0.393 e. The summed E-state index contributed by atoms with van der Waals surface area (Å²) < 4.78 is 13.3. The van der Waals surface area contributed by atoms with Crippen LogP contribution in [0.4, 0.5) is 10.1 Å². The number of benzene rings is 1. The van der Waals surface area contributed by atoms with Crippen molar-refractivity contribution in [3.05, 3.63) is 28.5 Å². The van der Waals surface area contributed by atoms with Gasteiger partial charge in [0.25, 0.3) is 0 Å². The van der Waals surface area contributed by atoms with Crippen molar-refractivity contribution in [2.24, 2.45) is 0 Å². The second-order valence-corrected chi connectivity index (χ2v) is 5.46. The summed E-state index contributed by atoms with van der Waals surface area (Å²) in [5.74, 6) is -1.85. The van der Waals surface area contributed by atoms with Crippen molar-refractivity contribution in [2.45, 2.75) is 18.9 Å². The quantitative estimate of drug-likeness (QED) is 0.758. The molecule has 2 rings (SSSR count). The molecule has 20 heavy (non-hydrogen) atoms. The SMILES string of the molecule is O=C(Nc1ccc(F)c(Br)c1)C(=O)N1CCC(O)CC1. The smallest absolute Gasteiger partial charge is 0.313 e. The van der Waals surface area contributed by atoms with Gasteiger partial charge in [0, 0.05) is 18.8 Å². The first kappa shape index (κ1) is 14.9. The Labute approximate surface area is 123 Å². The predicted molar refractivity (Wildman–Crippen MR) is 74.6 cm³/mol. The molecule has 1 aromatic rings. The standard InChI is InChI=1S/C13H14BrFN2O3/c14-10-7-8(1-2-11(10)15)16-12(19)13(20)17-5-3-9(18)4-6-17/h1-2,7,9,18H,3-6H2,(H,16,19). The average molecular weight is 345 g/mol. The van der Waals surface area contributed by atoms with E-state index in [2.05, 4.69) is 21.2 Å². The Morgan fingerprint density at radius 2 is 2.00 bits per heavy atom. The molecule has 5 nitrogen and oxygen atoms in total. The lowest BCUT2D eigenvalue weighted by Gasteiger charge is -2.28. The van der Waals surface area contributed by atoms with Crippen LogP contribution in [-0.2, 0) is 9.59 Å². The van der Waals surface area contributed by atoms with Crippen molar-refractivity contribution < 1.29 is 19.1 Å². The lowest BCUT2D eigenvalue weighted by molar-refractivity contribution is -0.144. The van der Waals surface area contributed by atoms with Crippen LogP contribution in [0.5, 0.6) is 0 Å². The number of rotatable bonds is 1. The monoisotopic (exact) mass is 344 g/mol. The van der Waals surface area contributed by atoms with E-state index in [1.54, 1.807) is 0 Å². The third-order valence-corrected chi connectivity index (χ3v) is 3.73. The lowest BCUT2D eigenvalue weighted by atomic mass is 10.1. The van der Waals surface area contributed by atoms with Gasteiger partial charge >= 0.3 is 11.8 Å². The van der Waals surface area contributed by atoms with E-state index < -0.39 is 23.7 Å². The van der Waals surface area contributed by atoms with Crippen LogP contribution in [0.25, 0.3) is 0 Å². The maximum atomic E-state index is 13.1. The number of halogens is 2. The lowest BCUT2D eigenvalue weighted by Crippen LogP contribution is -2.45. The van der Waals surface area contributed by atoms with E-state index in [1.165, 1.54) is 23.1 Å². The molecular weight excluding hydrogens is 331 g/mol. The Bertz CT molecular complexity index is 530. The molecule has 0 spiro atoms. The van der Waals surface area contributed by atoms with E-state index in [0.29, 0.717) is 31.6 Å².